The molecule has 1 aliphatic rings. The molecule has 2 heterocycles. The fourth-order valence-electron chi connectivity index (χ4n) is 5.01. The number of rotatable bonds is 8. The predicted octanol–water partition coefficient (Wildman–Crippen LogP) is 4.87. The first kappa shape index (κ1) is 30.4. The van der Waals surface area contributed by atoms with E-state index < -0.39 is 53.9 Å². The van der Waals surface area contributed by atoms with Crippen LogP contribution < -0.4 is 9.44 Å². The summed E-state index contributed by atoms with van der Waals surface area (Å²) in [5, 5.41) is -1.05. The van der Waals surface area contributed by atoms with Gasteiger partial charge >= 0.3 is 6.18 Å². The highest BCUT2D eigenvalue weighted by molar-refractivity contribution is 7.90. The van der Waals surface area contributed by atoms with Gasteiger partial charge in [0, 0.05) is 5.56 Å². The molecule has 4 aromatic rings. The summed E-state index contributed by atoms with van der Waals surface area (Å²) in [6, 6.07) is 14.5. The Kier molecular flexibility index (Phi) is 7.96. The molecular formula is C29H27F3N4O5S2. The Morgan fingerprint density at radius 3 is 2.40 bits per heavy atom. The summed E-state index contributed by atoms with van der Waals surface area (Å²) in [6.45, 7) is 3.88. The number of aryl methyl sites for hydroxylation is 2. The molecule has 1 saturated heterocycles. The van der Waals surface area contributed by atoms with Crippen molar-refractivity contribution in [2.24, 2.45) is 0 Å². The minimum atomic E-state index is -4.73. The number of halogens is 3. The quantitative estimate of drug-likeness (QED) is 0.254. The topological polar surface area (TPSA) is 138 Å². The molecule has 1 fully saturated rings. The van der Waals surface area contributed by atoms with Crippen LogP contribution in [-0.2, 0) is 37.4 Å². The zero-order chi connectivity index (χ0) is 31.2. The third kappa shape index (κ3) is 6.65. The van der Waals surface area contributed by atoms with Gasteiger partial charge in [0.05, 0.1) is 34.8 Å². The molecule has 0 aliphatic carbocycles. The zero-order valence-corrected chi connectivity index (χ0v) is 24.6. The highest BCUT2D eigenvalue weighted by atomic mass is 32.2. The van der Waals surface area contributed by atoms with E-state index in [0.29, 0.717) is 22.9 Å². The minimum absolute atomic E-state index is 0.0207. The van der Waals surface area contributed by atoms with Crippen molar-refractivity contribution in [3.05, 3.63) is 107 Å². The summed E-state index contributed by atoms with van der Waals surface area (Å²) >= 11 is 0. The van der Waals surface area contributed by atoms with Crippen LogP contribution in [0.3, 0.4) is 0 Å². The van der Waals surface area contributed by atoms with E-state index in [9.17, 15) is 34.8 Å². The van der Waals surface area contributed by atoms with Crippen LogP contribution in [0, 0.1) is 13.8 Å². The first-order valence-corrected chi connectivity index (χ1v) is 16.1. The Bertz CT molecular complexity index is 1900. The van der Waals surface area contributed by atoms with Gasteiger partial charge in [-0.15, -0.1) is 0 Å². The molecule has 1 aliphatic heterocycles. The molecule has 226 valence electrons. The number of carbonyl (C=O) groups is 1. The molecule has 3 N–H and O–H groups in total. The Morgan fingerprint density at radius 1 is 1.05 bits per heavy atom. The van der Waals surface area contributed by atoms with Crippen LogP contribution in [0.1, 0.15) is 51.4 Å². The summed E-state index contributed by atoms with van der Waals surface area (Å²) in [5.41, 5.74) is 3.35. The summed E-state index contributed by atoms with van der Waals surface area (Å²) < 4.78 is 95.7. The first-order chi connectivity index (χ1) is 20.1. The van der Waals surface area contributed by atoms with E-state index in [1.54, 1.807) is 30.5 Å². The predicted molar refractivity (Wildman–Crippen MR) is 153 cm³/mol. The van der Waals surface area contributed by atoms with E-state index in [4.69, 9.17) is 0 Å². The maximum Gasteiger partial charge on any atom is 0.416 e. The second-order valence-corrected chi connectivity index (χ2v) is 14.0. The van der Waals surface area contributed by atoms with Crippen molar-refractivity contribution in [1.82, 2.24) is 19.4 Å². The number of hydrogen-bond donors (Lipinski definition) is 3. The normalized spacial score (nSPS) is 17.5. The number of H-pyrrole nitrogens is 1. The number of nitrogens with zero attached hydrogens (tertiary/aromatic N) is 1. The lowest BCUT2D eigenvalue weighted by atomic mass is 10.0. The molecule has 0 spiro atoms. The number of nitrogens with one attached hydrogen (secondary N) is 3. The summed E-state index contributed by atoms with van der Waals surface area (Å²) in [4.78, 5) is 18.6. The molecule has 0 saturated carbocycles. The van der Waals surface area contributed by atoms with E-state index in [0.717, 1.165) is 34.9 Å². The van der Waals surface area contributed by atoms with Gasteiger partial charge < -0.3 is 4.98 Å². The molecule has 0 radical (unpaired) electrons. The van der Waals surface area contributed by atoms with Gasteiger partial charge in [0.1, 0.15) is 11.1 Å². The molecule has 9 nitrogen and oxygen atoms in total. The number of sulfonamides is 2. The van der Waals surface area contributed by atoms with Crippen LogP contribution in [-0.4, -0.2) is 32.7 Å². The number of benzene rings is 3. The first-order valence-electron chi connectivity index (χ1n) is 13.1. The van der Waals surface area contributed by atoms with Crippen LogP contribution in [0.25, 0.3) is 11.3 Å². The number of imidazole rings is 1. The molecule has 2 unspecified atom stereocenters. The van der Waals surface area contributed by atoms with Gasteiger partial charge in [0.25, 0.3) is 0 Å². The highest BCUT2D eigenvalue weighted by Gasteiger charge is 2.38. The monoisotopic (exact) mass is 632 g/mol. The summed E-state index contributed by atoms with van der Waals surface area (Å²) in [5.74, 6) is -0.377. The standard InChI is InChI=1S/C29H27F3N4O5S2/c1-17-6-11-23(18(2)12-17)25-16-33-28(34-25)24(35-42(38,39)22-5-3-4-21(14-22)29(30,31)32)13-19-7-9-20(10-8-19)26-15-27(37)36-43(26,40)41/h3-12,14,16,24,26,35H,13,15H2,1-2H3,(H,33,34)(H,36,37). The van der Waals surface area contributed by atoms with Crippen molar-refractivity contribution in [3.8, 4) is 11.3 Å². The lowest BCUT2D eigenvalue weighted by Gasteiger charge is -2.18. The molecule has 1 amide bonds. The highest BCUT2D eigenvalue weighted by Crippen LogP contribution is 2.33. The molecule has 3 aromatic carbocycles. The molecule has 14 heteroatoms. The minimum Gasteiger partial charge on any atom is -0.341 e. The molecule has 0 bridgehead atoms. The molecule has 5 rings (SSSR count). The van der Waals surface area contributed by atoms with Crippen molar-refractivity contribution in [2.45, 2.75) is 49.1 Å². The second kappa shape index (κ2) is 11.2. The van der Waals surface area contributed by atoms with Crippen molar-refractivity contribution in [1.29, 1.82) is 0 Å². The lowest BCUT2D eigenvalue weighted by molar-refractivity contribution is -0.137. The van der Waals surface area contributed by atoms with Gasteiger partial charge in [-0.25, -0.2) is 26.5 Å². The van der Waals surface area contributed by atoms with Crippen LogP contribution in [0.4, 0.5) is 13.2 Å². The van der Waals surface area contributed by atoms with E-state index in [2.05, 4.69) is 14.7 Å². The van der Waals surface area contributed by atoms with Gasteiger partial charge in [-0.1, -0.05) is 54.1 Å². The molecular weight excluding hydrogens is 605 g/mol. The Morgan fingerprint density at radius 2 is 1.77 bits per heavy atom. The van der Waals surface area contributed by atoms with Crippen molar-refractivity contribution >= 4 is 26.0 Å². The van der Waals surface area contributed by atoms with Crippen molar-refractivity contribution in [2.75, 3.05) is 0 Å². The number of alkyl halides is 3. The molecule has 43 heavy (non-hydrogen) atoms. The average molecular weight is 633 g/mol. The zero-order valence-electron chi connectivity index (χ0n) is 22.9. The Balaban J connectivity index is 1.48. The van der Waals surface area contributed by atoms with Gasteiger partial charge in [-0.3, -0.25) is 9.52 Å². The van der Waals surface area contributed by atoms with E-state index in [1.165, 1.54) is 0 Å². The maximum absolute atomic E-state index is 13.4. The number of aromatic amines is 1. The van der Waals surface area contributed by atoms with E-state index in [1.807, 2.05) is 36.8 Å². The average Bonchev–Trinajstić information content (AvgIpc) is 3.51. The number of amides is 1. The molecule has 2 atom stereocenters. The maximum atomic E-state index is 13.4. The third-order valence-electron chi connectivity index (χ3n) is 7.16. The molecule has 1 aromatic heterocycles. The van der Waals surface area contributed by atoms with Crippen molar-refractivity contribution < 1.29 is 34.8 Å². The van der Waals surface area contributed by atoms with Gasteiger partial charge in [-0.2, -0.15) is 13.2 Å². The summed E-state index contributed by atoms with van der Waals surface area (Å²) in [7, 11) is -8.31. The fourth-order valence-corrected chi connectivity index (χ4v) is 7.68. The van der Waals surface area contributed by atoms with Gasteiger partial charge in [-0.05, 0) is 55.2 Å². The SMILES string of the molecule is Cc1ccc(-c2cnc(C(Cc3ccc(C4CC(=O)NS4(=O)=O)cc3)NS(=O)(=O)c3cccc(C(F)(F)F)c3)[nH]2)c(C)c1. The van der Waals surface area contributed by atoms with E-state index >= 15 is 0 Å². The number of carbonyl (C=O) groups excluding carboxylic acids is 1. The van der Waals surface area contributed by atoms with E-state index in [-0.39, 0.29) is 18.7 Å². The van der Waals surface area contributed by atoms with Crippen LogP contribution in [0.2, 0.25) is 0 Å². The number of aromatic nitrogens is 2. The largest absolute Gasteiger partial charge is 0.416 e. The van der Waals surface area contributed by atoms with Gasteiger partial charge in [0.15, 0.2) is 0 Å². The lowest BCUT2D eigenvalue weighted by Crippen LogP contribution is -2.31. The summed E-state index contributed by atoms with van der Waals surface area (Å²) in [6.07, 6.45) is -3.38. The number of hydrogen-bond acceptors (Lipinski definition) is 6. The smallest absolute Gasteiger partial charge is 0.341 e. The van der Waals surface area contributed by atoms with Gasteiger partial charge in [0.2, 0.25) is 26.0 Å². The fraction of sp³-hybridized carbons (Fsp3) is 0.241. The van der Waals surface area contributed by atoms with Crippen LogP contribution in [0.15, 0.2) is 77.8 Å². The van der Waals surface area contributed by atoms with Crippen LogP contribution >= 0.6 is 0 Å². The Labute approximate surface area is 246 Å². The van der Waals surface area contributed by atoms with Crippen LogP contribution in [0.5, 0.6) is 0 Å². The van der Waals surface area contributed by atoms with Crippen molar-refractivity contribution in [3.63, 3.8) is 0 Å². The second-order valence-electron chi connectivity index (χ2n) is 10.4. The Hall–Kier alpha value is -4.01. The third-order valence-corrected chi connectivity index (χ3v) is 10.3.